The zero-order valence-electron chi connectivity index (χ0n) is 18.7. The van der Waals surface area contributed by atoms with Gasteiger partial charge < -0.3 is 9.88 Å². The van der Waals surface area contributed by atoms with E-state index in [9.17, 15) is 9.18 Å². The highest BCUT2D eigenvalue weighted by atomic mass is 19.1. The standard InChI is InChI=1S/C26H25FN6O/c1-2-3-22(33-16-20(15-31-33)24-23-8-11-28-25(23)30-17-29-24)14-18-9-12-32(13-10-18)26(34)19-4-6-21(27)7-5-19/h1,4-8,11,15-18,22H,3,9-10,12-14H2,(H,28,29,30). The van der Waals surface area contributed by atoms with Crippen LogP contribution in [0.25, 0.3) is 22.3 Å². The van der Waals surface area contributed by atoms with Crippen molar-refractivity contribution in [3.8, 4) is 23.6 Å². The lowest BCUT2D eigenvalue weighted by molar-refractivity contribution is 0.0679. The monoisotopic (exact) mass is 456 g/mol. The van der Waals surface area contributed by atoms with Crippen LogP contribution in [0.2, 0.25) is 0 Å². The Morgan fingerprint density at radius 3 is 2.76 bits per heavy atom. The van der Waals surface area contributed by atoms with Crippen LogP contribution >= 0.6 is 0 Å². The van der Waals surface area contributed by atoms with E-state index in [4.69, 9.17) is 6.42 Å². The average molecular weight is 457 g/mol. The fraction of sp³-hybridized carbons (Fsp3) is 0.308. The summed E-state index contributed by atoms with van der Waals surface area (Å²) in [5, 5.41) is 5.57. The van der Waals surface area contributed by atoms with Gasteiger partial charge in [0.2, 0.25) is 0 Å². The molecular formula is C26H25FN6O. The van der Waals surface area contributed by atoms with Crippen molar-refractivity contribution in [2.75, 3.05) is 13.1 Å². The number of halogens is 1. The second kappa shape index (κ2) is 9.48. The van der Waals surface area contributed by atoms with Gasteiger partial charge in [-0.25, -0.2) is 14.4 Å². The Labute approximate surface area is 197 Å². The summed E-state index contributed by atoms with van der Waals surface area (Å²) in [4.78, 5) is 26.4. The SMILES string of the molecule is C#CCC(CC1CCN(C(=O)c2ccc(F)cc2)CC1)n1cc(-c2ncnc3[nH]ccc23)cn1. The van der Waals surface area contributed by atoms with Crippen molar-refractivity contribution in [2.24, 2.45) is 5.92 Å². The Bertz CT molecular complexity index is 1330. The molecule has 34 heavy (non-hydrogen) atoms. The van der Waals surface area contributed by atoms with Gasteiger partial charge in [0.15, 0.2) is 0 Å². The number of nitrogens with one attached hydrogen (secondary N) is 1. The van der Waals surface area contributed by atoms with Crippen LogP contribution in [0.1, 0.15) is 42.1 Å². The lowest BCUT2D eigenvalue weighted by Crippen LogP contribution is -2.39. The number of nitrogens with zero attached hydrogens (tertiary/aromatic N) is 5. The fourth-order valence-electron chi connectivity index (χ4n) is 4.71. The number of fused-ring (bicyclic) bond motifs is 1. The molecule has 0 aliphatic carbocycles. The highest BCUT2D eigenvalue weighted by Crippen LogP contribution is 2.31. The Morgan fingerprint density at radius 2 is 2.00 bits per heavy atom. The lowest BCUT2D eigenvalue weighted by atomic mass is 9.89. The first kappa shape index (κ1) is 21.8. The molecule has 5 rings (SSSR count). The smallest absolute Gasteiger partial charge is 0.253 e. The third kappa shape index (κ3) is 4.42. The van der Waals surface area contributed by atoms with E-state index in [1.807, 2.05) is 34.2 Å². The molecule has 1 amide bonds. The maximum Gasteiger partial charge on any atom is 0.253 e. The number of benzene rings is 1. The Hall–Kier alpha value is -3.99. The topological polar surface area (TPSA) is 79.7 Å². The Balaban J connectivity index is 1.25. The van der Waals surface area contributed by atoms with Gasteiger partial charge in [-0.05, 0) is 55.5 Å². The van der Waals surface area contributed by atoms with Gasteiger partial charge >= 0.3 is 0 Å². The number of likely N-dealkylation sites (tertiary alicyclic amines) is 1. The number of piperidine rings is 1. The van der Waals surface area contributed by atoms with Crippen LogP contribution in [0, 0.1) is 24.1 Å². The molecule has 1 unspecified atom stereocenters. The number of aromatic nitrogens is 5. The summed E-state index contributed by atoms with van der Waals surface area (Å²) in [7, 11) is 0. The maximum atomic E-state index is 13.2. The molecule has 1 aliphatic heterocycles. The van der Waals surface area contributed by atoms with E-state index >= 15 is 0 Å². The summed E-state index contributed by atoms with van der Waals surface area (Å²) in [5.41, 5.74) is 3.08. The van der Waals surface area contributed by atoms with E-state index in [1.54, 1.807) is 18.5 Å². The van der Waals surface area contributed by atoms with E-state index in [-0.39, 0.29) is 17.8 Å². The van der Waals surface area contributed by atoms with E-state index in [0.717, 1.165) is 41.6 Å². The van der Waals surface area contributed by atoms with Crippen LogP contribution in [-0.2, 0) is 0 Å². The van der Waals surface area contributed by atoms with E-state index in [1.165, 1.54) is 12.1 Å². The molecule has 0 radical (unpaired) electrons. The number of H-pyrrole nitrogens is 1. The van der Waals surface area contributed by atoms with Gasteiger partial charge in [-0.2, -0.15) is 5.10 Å². The molecule has 1 aliphatic rings. The summed E-state index contributed by atoms with van der Waals surface area (Å²) < 4.78 is 15.1. The van der Waals surface area contributed by atoms with E-state index in [2.05, 4.69) is 26.0 Å². The van der Waals surface area contributed by atoms with Crippen LogP contribution in [0.15, 0.2) is 55.2 Å². The van der Waals surface area contributed by atoms with Crippen LogP contribution in [0.5, 0.6) is 0 Å². The number of rotatable bonds is 6. The van der Waals surface area contributed by atoms with Gasteiger partial charge in [-0.1, -0.05) is 0 Å². The van der Waals surface area contributed by atoms with E-state index in [0.29, 0.717) is 31.0 Å². The first-order valence-electron chi connectivity index (χ1n) is 11.4. The van der Waals surface area contributed by atoms with Crippen molar-refractivity contribution in [2.45, 2.75) is 31.7 Å². The van der Waals surface area contributed by atoms with Gasteiger partial charge in [0.05, 0.1) is 17.9 Å². The maximum absolute atomic E-state index is 13.2. The molecule has 0 saturated carbocycles. The van der Waals surface area contributed by atoms with Gasteiger partial charge in [0, 0.05) is 48.4 Å². The predicted octanol–water partition coefficient (Wildman–Crippen LogP) is 4.47. The number of carbonyl (C=O) groups is 1. The van der Waals surface area contributed by atoms with Crippen molar-refractivity contribution in [3.05, 3.63) is 66.6 Å². The molecule has 1 atom stereocenters. The quantitative estimate of drug-likeness (QED) is 0.434. The van der Waals surface area contributed by atoms with Crippen molar-refractivity contribution in [3.63, 3.8) is 0 Å². The highest BCUT2D eigenvalue weighted by molar-refractivity contribution is 5.94. The summed E-state index contributed by atoms with van der Waals surface area (Å²) in [5.74, 6) is 2.86. The molecule has 3 aromatic heterocycles. The molecule has 7 nitrogen and oxygen atoms in total. The van der Waals surface area contributed by atoms with E-state index < -0.39 is 0 Å². The second-order valence-corrected chi connectivity index (χ2v) is 8.71. The number of aromatic amines is 1. The van der Waals surface area contributed by atoms with Crippen LogP contribution in [-0.4, -0.2) is 48.6 Å². The largest absolute Gasteiger partial charge is 0.346 e. The van der Waals surface area contributed by atoms with Crippen molar-refractivity contribution < 1.29 is 9.18 Å². The first-order chi connectivity index (χ1) is 16.6. The predicted molar refractivity (Wildman–Crippen MR) is 127 cm³/mol. The van der Waals surface area contributed by atoms with Crippen LogP contribution in [0.3, 0.4) is 0 Å². The number of hydrogen-bond donors (Lipinski definition) is 1. The average Bonchev–Trinajstić information content (AvgIpc) is 3.54. The van der Waals surface area contributed by atoms with Crippen molar-refractivity contribution >= 4 is 16.9 Å². The molecule has 4 aromatic rings. The molecule has 1 saturated heterocycles. The minimum Gasteiger partial charge on any atom is -0.346 e. The van der Waals surface area contributed by atoms with Crippen LogP contribution < -0.4 is 0 Å². The molecule has 1 N–H and O–H groups in total. The molecule has 172 valence electrons. The van der Waals surface area contributed by atoms with Gasteiger partial charge in [0.1, 0.15) is 17.8 Å². The molecule has 1 fully saturated rings. The normalized spacial score (nSPS) is 15.4. The number of amides is 1. The molecular weight excluding hydrogens is 431 g/mol. The first-order valence-corrected chi connectivity index (χ1v) is 11.4. The molecule has 0 bridgehead atoms. The summed E-state index contributed by atoms with van der Waals surface area (Å²) in [6, 6.07) is 7.77. The summed E-state index contributed by atoms with van der Waals surface area (Å²) in [6.45, 7) is 1.36. The number of carbonyl (C=O) groups excluding carboxylic acids is 1. The summed E-state index contributed by atoms with van der Waals surface area (Å²) in [6.07, 6.45) is 16.2. The zero-order valence-corrected chi connectivity index (χ0v) is 18.7. The summed E-state index contributed by atoms with van der Waals surface area (Å²) >= 11 is 0. The van der Waals surface area contributed by atoms with Crippen molar-refractivity contribution in [1.29, 1.82) is 0 Å². The Morgan fingerprint density at radius 1 is 1.21 bits per heavy atom. The molecule has 4 heterocycles. The van der Waals surface area contributed by atoms with Crippen LogP contribution in [0.4, 0.5) is 4.39 Å². The third-order valence-electron chi connectivity index (χ3n) is 6.55. The van der Waals surface area contributed by atoms with Gasteiger partial charge in [0.25, 0.3) is 5.91 Å². The Kier molecular flexibility index (Phi) is 6.09. The van der Waals surface area contributed by atoms with Gasteiger partial charge in [-0.3, -0.25) is 9.48 Å². The number of terminal acetylenes is 1. The molecule has 0 spiro atoms. The molecule has 8 heteroatoms. The van der Waals surface area contributed by atoms with Gasteiger partial charge in [-0.15, -0.1) is 12.3 Å². The highest BCUT2D eigenvalue weighted by Gasteiger charge is 2.26. The molecule has 1 aromatic carbocycles. The third-order valence-corrected chi connectivity index (χ3v) is 6.55. The zero-order chi connectivity index (χ0) is 23.5. The fourth-order valence-corrected chi connectivity index (χ4v) is 4.71. The minimum atomic E-state index is -0.339. The lowest BCUT2D eigenvalue weighted by Gasteiger charge is -2.33. The number of hydrogen-bond acceptors (Lipinski definition) is 4. The second-order valence-electron chi connectivity index (χ2n) is 8.71. The minimum absolute atomic E-state index is 0.0451. The van der Waals surface area contributed by atoms with Crippen molar-refractivity contribution in [1.82, 2.24) is 29.6 Å².